The van der Waals surface area contributed by atoms with Gasteiger partial charge in [0.05, 0.1) is 0 Å². The minimum atomic E-state index is 0.331. The summed E-state index contributed by atoms with van der Waals surface area (Å²) in [6.07, 6.45) is 0. The number of halogens is 1. The van der Waals surface area contributed by atoms with Crippen molar-refractivity contribution < 1.29 is 9.47 Å². The molecule has 2 heterocycles. The van der Waals surface area contributed by atoms with E-state index in [1.165, 1.54) is 11.1 Å². The Balaban J connectivity index is 2.16. The first-order valence-corrected chi connectivity index (χ1v) is 9.09. The fraction of sp³-hybridized carbons (Fsp3) is 0.600. The van der Waals surface area contributed by atoms with Gasteiger partial charge in [-0.25, -0.2) is 0 Å². The molecule has 2 unspecified atom stereocenters. The van der Waals surface area contributed by atoms with Gasteiger partial charge in [0.2, 0.25) is 0 Å². The average Bonchev–Trinajstić information content (AvgIpc) is 2.61. The molecule has 0 aromatic heterocycles. The molecule has 110 valence electrons. The van der Waals surface area contributed by atoms with Gasteiger partial charge in [0.1, 0.15) is 13.2 Å². The lowest BCUT2D eigenvalue weighted by Gasteiger charge is -2.29. The van der Waals surface area contributed by atoms with Gasteiger partial charge in [0.25, 0.3) is 0 Å². The summed E-state index contributed by atoms with van der Waals surface area (Å²) >= 11 is 5.71. The van der Waals surface area contributed by atoms with E-state index in [0.717, 1.165) is 34.0 Å². The van der Waals surface area contributed by atoms with Crippen LogP contribution >= 0.6 is 27.7 Å². The number of nitrogens with one attached hydrogen (secondary N) is 1. The fourth-order valence-corrected chi connectivity index (χ4v) is 4.89. The molecular weight excluding hydrogens is 338 g/mol. The van der Waals surface area contributed by atoms with Crippen molar-refractivity contribution in [1.82, 2.24) is 5.32 Å². The molecule has 1 aromatic carbocycles. The Morgan fingerprint density at radius 1 is 1.40 bits per heavy atom. The molecule has 20 heavy (non-hydrogen) atoms. The number of benzene rings is 1. The molecule has 0 amide bonds. The molecule has 3 nitrogen and oxygen atoms in total. The normalized spacial score (nSPS) is 24.9. The van der Waals surface area contributed by atoms with Crippen LogP contribution in [0.2, 0.25) is 0 Å². The van der Waals surface area contributed by atoms with Gasteiger partial charge in [0.15, 0.2) is 11.5 Å². The smallest absolute Gasteiger partial charge is 0.166 e. The molecule has 0 fully saturated rings. The zero-order valence-corrected chi connectivity index (χ0v) is 14.3. The third-order valence-electron chi connectivity index (χ3n) is 3.86. The first-order chi connectivity index (χ1) is 9.72. The highest BCUT2D eigenvalue weighted by molar-refractivity contribution is 9.10. The Morgan fingerprint density at radius 2 is 2.20 bits per heavy atom. The van der Waals surface area contributed by atoms with Gasteiger partial charge in [-0.1, -0.05) is 29.8 Å². The summed E-state index contributed by atoms with van der Waals surface area (Å²) in [5.74, 6) is 4.59. The topological polar surface area (TPSA) is 30.5 Å². The quantitative estimate of drug-likeness (QED) is 0.872. The Morgan fingerprint density at radius 3 is 3.00 bits per heavy atom. The SMILES string of the molecule is CCNC1c2c(c(Br)cc3c2OCCO3)CSCC1C. The molecule has 2 atom stereocenters. The maximum atomic E-state index is 5.96. The van der Waals surface area contributed by atoms with Crippen molar-refractivity contribution in [3.05, 3.63) is 21.7 Å². The van der Waals surface area contributed by atoms with E-state index in [-0.39, 0.29) is 0 Å². The minimum absolute atomic E-state index is 0.331. The largest absolute Gasteiger partial charge is 0.486 e. The van der Waals surface area contributed by atoms with Crippen LogP contribution < -0.4 is 14.8 Å². The van der Waals surface area contributed by atoms with E-state index in [1.807, 2.05) is 11.8 Å². The zero-order chi connectivity index (χ0) is 14.1. The second kappa shape index (κ2) is 6.16. The van der Waals surface area contributed by atoms with Gasteiger partial charge in [-0.3, -0.25) is 0 Å². The number of fused-ring (bicyclic) bond motifs is 3. The molecule has 2 aliphatic heterocycles. The van der Waals surface area contributed by atoms with E-state index in [4.69, 9.17) is 9.47 Å². The monoisotopic (exact) mass is 357 g/mol. The minimum Gasteiger partial charge on any atom is -0.486 e. The zero-order valence-electron chi connectivity index (χ0n) is 11.9. The second-order valence-corrected chi connectivity index (χ2v) is 7.19. The van der Waals surface area contributed by atoms with E-state index in [2.05, 4.69) is 41.2 Å². The van der Waals surface area contributed by atoms with Gasteiger partial charge in [-0.2, -0.15) is 11.8 Å². The summed E-state index contributed by atoms with van der Waals surface area (Å²) in [6.45, 7) is 6.70. The van der Waals surface area contributed by atoms with Crippen molar-refractivity contribution in [2.45, 2.75) is 25.6 Å². The number of thioether (sulfide) groups is 1. The maximum Gasteiger partial charge on any atom is 0.166 e. The molecule has 0 aliphatic carbocycles. The van der Waals surface area contributed by atoms with E-state index in [0.29, 0.717) is 25.2 Å². The molecule has 5 heteroatoms. The number of rotatable bonds is 2. The van der Waals surface area contributed by atoms with Crippen LogP contribution in [-0.2, 0) is 5.75 Å². The van der Waals surface area contributed by atoms with Crippen molar-refractivity contribution in [1.29, 1.82) is 0 Å². The van der Waals surface area contributed by atoms with Crippen molar-refractivity contribution in [2.24, 2.45) is 5.92 Å². The Hall–Kier alpha value is -0.390. The third-order valence-corrected chi connectivity index (χ3v) is 5.82. The first-order valence-electron chi connectivity index (χ1n) is 7.14. The van der Waals surface area contributed by atoms with Crippen LogP contribution in [0.5, 0.6) is 11.5 Å². The van der Waals surface area contributed by atoms with Crippen LogP contribution in [0.1, 0.15) is 31.0 Å². The highest BCUT2D eigenvalue weighted by Gasteiger charge is 2.32. The number of hydrogen-bond donors (Lipinski definition) is 1. The van der Waals surface area contributed by atoms with E-state index >= 15 is 0 Å². The van der Waals surface area contributed by atoms with E-state index in [1.54, 1.807) is 0 Å². The Labute approximate surface area is 132 Å². The van der Waals surface area contributed by atoms with Gasteiger partial charge in [-0.05, 0) is 29.8 Å². The summed E-state index contributed by atoms with van der Waals surface area (Å²) in [7, 11) is 0. The molecule has 0 spiro atoms. The van der Waals surface area contributed by atoms with Crippen LogP contribution in [-0.4, -0.2) is 25.5 Å². The van der Waals surface area contributed by atoms with Crippen molar-refractivity contribution in [3.63, 3.8) is 0 Å². The van der Waals surface area contributed by atoms with Crippen molar-refractivity contribution in [3.8, 4) is 11.5 Å². The van der Waals surface area contributed by atoms with Crippen LogP contribution in [0.4, 0.5) is 0 Å². The standard InChI is InChI=1S/C15H20BrNO2S/c1-3-17-14-9(2)7-20-8-10-11(16)6-12-15(13(10)14)19-5-4-18-12/h6,9,14,17H,3-5,7-8H2,1-2H3. The molecule has 2 aliphatic rings. The van der Waals surface area contributed by atoms with Crippen LogP contribution in [0, 0.1) is 5.92 Å². The van der Waals surface area contributed by atoms with E-state index < -0.39 is 0 Å². The summed E-state index contributed by atoms with van der Waals surface area (Å²) in [4.78, 5) is 0. The van der Waals surface area contributed by atoms with Gasteiger partial charge >= 0.3 is 0 Å². The second-order valence-electron chi connectivity index (χ2n) is 5.30. The lowest BCUT2D eigenvalue weighted by atomic mass is 9.91. The van der Waals surface area contributed by atoms with Crippen LogP contribution in [0.3, 0.4) is 0 Å². The highest BCUT2D eigenvalue weighted by Crippen LogP contribution is 2.48. The average molecular weight is 358 g/mol. The molecule has 1 N–H and O–H groups in total. The number of ether oxygens (including phenoxy) is 2. The number of hydrogen-bond acceptors (Lipinski definition) is 4. The first kappa shape index (κ1) is 14.5. The molecule has 3 rings (SSSR count). The van der Waals surface area contributed by atoms with Gasteiger partial charge < -0.3 is 14.8 Å². The highest BCUT2D eigenvalue weighted by atomic mass is 79.9. The van der Waals surface area contributed by atoms with Gasteiger partial charge in [0, 0.05) is 21.8 Å². The van der Waals surface area contributed by atoms with E-state index in [9.17, 15) is 0 Å². The van der Waals surface area contributed by atoms with Crippen LogP contribution in [0.25, 0.3) is 0 Å². The summed E-state index contributed by atoms with van der Waals surface area (Å²) in [5, 5.41) is 3.64. The predicted molar refractivity (Wildman–Crippen MR) is 86.9 cm³/mol. The molecular formula is C15H20BrNO2S. The summed E-state index contributed by atoms with van der Waals surface area (Å²) < 4.78 is 12.9. The lowest BCUT2D eigenvalue weighted by Crippen LogP contribution is -2.29. The van der Waals surface area contributed by atoms with Crippen LogP contribution in [0.15, 0.2) is 10.5 Å². The summed E-state index contributed by atoms with van der Waals surface area (Å²) in [6, 6.07) is 2.39. The lowest BCUT2D eigenvalue weighted by molar-refractivity contribution is 0.167. The Kier molecular flexibility index (Phi) is 4.48. The fourth-order valence-electron chi connectivity index (χ4n) is 2.94. The Bertz CT molecular complexity index is 509. The molecule has 0 saturated heterocycles. The molecule has 1 aromatic rings. The third kappa shape index (κ3) is 2.55. The summed E-state index contributed by atoms with van der Waals surface area (Å²) in [5.41, 5.74) is 2.66. The molecule has 0 radical (unpaired) electrons. The maximum absolute atomic E-state index is 5.96. The molecule has 0 saturated carbocycles. The van der Waals surface area contributed by atoms with Gasteiger partial charge in [-0.15, -0.1) is 0 Å². The predicted octanol–water partition coefficient (Wildman–Crippen LogP) is 3.75. The van der Waals surface area contributed by atoms with Crippen molar-refractivity contribution >= 4 is 27.7 Å². The molecule has 0 bridgehead atoms. The van der Waals surface area contributed by atoms with Crippen molar-refractivity contribution in [2.75, 3.05) is 25.5 Å².